The molecule has 2 aliphatic rings. The number of carbonyl (C=O) groups excluding carboxylic acids is 1. The Morgan fingerprint density at radius 2 is 1.95 bits per heavy atom. The molecule has 0 bridgehead atoms. The summed E-state index contributed by atoms with van der Waals surface area (Å²) in [6.07, 6.45) is 14.0. The number of aliphatic carboxylic acids is 1. The molecule has 210 valence electrons. The van der Waals surface area contributed by atoms with Crippen molar-refractivity contribution in [3.05, 3.63) is 77.1 Å². The number of aromatic nitrogens is 1. The number of oxazole rings is 1. The van der Waals surface area contributed by atoms with Crippen molar-refractivity contribution >= 4 is 18.0 Å². The zero-order valence-electron chi connectivity index (χ0n) is 23.6. The van der Waals surface area contributed by atoms with Crippen molar-refractivity contribution in [2.45, 2.75) is 78.4 Å². The normalized spacial score (nSPS) is 17.4. The molecule has 0 spiro atoms. The Bertz CT molecular complexity index is 1230. The highest BCUT2D eigenvalue weighted by atomic mass is 16.5. The van der Waals surface area contributed by atoms with E-state index in [4.69, 9.17) is 14.9 Å². The second kappa shape index (κ2) is 13.4. The van der Waals surface area contributed by atoms with Gasteiger partial charge in [0.05, 0.1) is 12.3 Å². The number of allylic oxidation sites excluding steroid dienone is 4. The molecule has 8 nitrogen and oxygen atoms in total. The highest BCUT2D eigenvalue weighted by Gasteiger charge is 2.33. The third-order valence-corrected chi connectivity index (χ3v) is 6.07. The maximum Gasteiger partial charge on any atom is 0.326 e. The Hall–Kier alpha value is -3.65. The quantitative estimate of drug-likeness (QED) is 0.333. The number of carbonyl (C=O) groups is 2. The van der Waals surface area contributed by atoms with Gasteiger partial charge in [-0.05, 0) is 82.7 Å². The largest absolute Gasteiger partial charge is 0.493 e. The van der Waals surface area contributed by atoms with E-state index in [1.807, 2.05) is 58.9 Å². The Balaban J connectivity index is 0.000000771. The molecule has 0 radical (unpaired) electrons. The predicted molar refractivity (Wildman–Crippen MR) is 152 cm³/mol. The first-order chi connectivity index (χ1) is 18.4. The van der Waals surface area contributed by atoms with Crippen LogP contribution in [0.5, 0.6) is 5.75 Å². The maximum atomic E-state index is 12.6. The Morgan fingerprint density at radius 1 is 1.23 bits per heavy atom. The van der Waals surface area contributed by atoms with Crippen LogP contribution in [0.15, 0.2) is 53.0 Å². The number of rotatable bonds is 9. The molecule has 0 unspecified atom stereocenters. The Kier molecular flexibility index (Phi) is 10.3. The first kappa shape index (κ1) is 29.9. The molecule has 1 aromatic carbocycles. The van der Waals surface area contributed by atoms with Crippen molar-refractivity contribution in [3.63, 3.8) is 0 Å². The van der Waals surface area contributed by atoms with Crippen molar-refractivity contribution in [2.75, 3.05) is 6.61 Å². The van der Waals surface area contributed by atoms with Gasteiger partial charge in [0.25, 0.3) is 0 Å². The van der Waals surface area contributed by atoms with Gasteiger partial charge in [-0.1, -0.05) is 30.4 Å². The summed E-state index contributed by atoms with van der Waals surface area (Å²) in [4.78, 5) is 30.4. The SMILES string of the molecule is C/C=C/C=C/C(=O)N1Cc2cc(OCCc3nc(/C=C/C4CC4)oc3C)ccc2C[C@H]1C(=O)O.CC(C)(C)N. The maximum absolute atomic E-state index is 12.6. The van der Waals surface area contributed by atoms with Crippen LogP contribution in [0.3, 0.4) is 0 Å². The average Bonchev–Trinajstić information content (AvgIpc) is 3.63. The van der Waals surface area contributed by atoms with Crippen LogP contribution in [0, 0.1) is 12.8 Å². The standard InChI is InChI=1S/C27H30N2O5.C4H11N/c1-3-4-5-6-26(30)29-17-21-15-22(11-10-20(21)16-24(29)27(31)32)33-14-13-23-18(2)34-25(28-23)12-9-19-7-8-19;1-4(2,3)5/h3-6,9-12,15,19,24H,7-8,13-14,16-17H2,1-2H3,(H,31,32);5H2,1-3H3/b4-3+,6-5+,12-9+;/t24-;/m0./s1. The van der Waals surface area contributed by atoms with Crippen LogP contribution in [-0.2, 0) is 29.0 Å². The average molecular weight is 536 g/mol. The highest BCUT2D eigenvalue weighted by molar-refractivity contribution is 5.92. The predicted octanol–water partition coefficient (Wildman–Crippen LogP) is 5.24. The lowest BCUT2D eigenvalue weighted by Gasteiger charge is -2.34. The number of hydrogen-bond donors (Lipinski definition) is 2. The third kappa shape index (κ3) is 9.87. The molecule has 1 saturated carbocycles. The van der Waals surface area contributed by atoms with Gasteiger partial charge in [0, 0.05) is 31.0 Å². The molecule has 39 heavy (non-hydrogen) atoms. The number of amides is 1. The summed E-state index contributed by atoms with van der Waals surface area (Å²) in [5, 5.41) is 9.65. The summed E-state index contributed by atoms with van der Waals surface area (Å²) in [7, 11) is 0. The van der Waals surface area contributed by atoms with Gasteiger partial charge in [-0.25, -0.2) is 9.78 Å². The van der Waals surface area contributed by atoms with Crippen LogP contribution in [0.2, 0.25) is 0 Å². The molecule has 4 rings (SSSR count). The minimum Gasteiger partial charge on any atom is -0.493 e. The van der Waals surface area contributed by atoms with Crippen LogP contribution in [-0.4, -0.2) is 45.1 Å². The lowest BCUT2D eigenvalue weighted by atomic mass is 9.93. The first-order valence-electron chi connectivity index (χ1n) is 13.5. The molecule has 1 aromatic heterocycles. The molecule has 1 amide bonds. The van der Waals surface area contributed by atoms with Gasteiger partial charge in [0.1, 0.15) is 17.6 Å². The van der Waals surface area contributed by atoms with Crippen LogP contribution >= 0.6 is 0 Å². The summed E-state index contributed by atoms with van der Waals surface area (Å²) in [6, 6.07) is 4.74. The van der Waals surface area contributed by atoms with Crippen molar-refractivity contribution in [1.29, 1.82) is 0 Å². The number of nitrogens with two attached hydrogens (primary N) is 1. The number of hydrogen-bond acceptors (Lipinski definition) is 6. The number of aryl methyl sites for hydroxylation is 1. The van der Waals surface area contributed by atoms with Gasteiger partial charge in [0.2, 0.25) is 11.8 Å². The van der Waals surface area contributed by atoms with Gasteiger partial charge in [-0.3, -0.25) is 4.79 Å². The molecule has 3 N–H and O–H groups in total. The van der Waals surface area contributed by atoms with Crippen molar-refractivity contribution < 1.29 is 23.8 Å². The van der Waals surface area contributed by atoms with E-state index in [1.165, 1.54) is 23.8 Å². The Labute approximate surface area is 231 Å². The summed E-state index contributed by atoms with van der Waals surface area (Å²) in [5.41, 5.74) is 8.04. The Morgan fingerprint density at radius 3 is 2.59 bits per heavy atom. The second-order valence-corrected chi connectivity index (χ2v) is 11.1. The highest BCUT2D eigenvalue weighted by Crippen LogP contribution is 2.31. The van der Waals surface area contributed by atoms with Crippen LogP contribution in [0.1, 0.15) is 69.0 Å². The molecular formula is C31H41N3O5. The van der Waals surface area contributed by atoms with Crippen LogP contribution in [0.25, 0.3) is 6.08 Å². The van der Waals surface area contributed by atoms with Crippen molar-refractivity contribution in [3.8, 4) is 5.75 Å². The molecule has 1 atom stereocenters. The van der Waals surface area contributed by atoms with E-state index >= 15 is 0 Å². The zero-order valence-corrected chi connectivity index (χ0v) is 23.6. The molecule has 0 saturated heterocycles. The number of carboxylic acid groups (broad SMARTS) is 1. The van der Waals surface area contributed by atoms with Gasteiger partial charge >= 0.3 is 5.97 Å². The molecule has 2 aromatic rings. The summed E-state index contributed by atoms with van der Waals surface area (Å²) < 4.78 is 11.7. The topological polar surface area (TPSA) is 119 Å². The van der Waals surface area contributed by atoms with E-state index in [2.05, 4.69) is 11.1 Å². The third-order valence-electron chi connectivity index (χ3n) is 6.07. The van der Waals surface area contributed by atoms with Gasteiger partial charge in [-0.2, -0.15) is 0 Å². The summed E-state index contributed by atoms with van der Waals surface area (Å²) in [6.45, 7) is 10.3. The van der Waals surface area contributed by atoms with Crippen LogP contribution in [0.4, 0.5) is 0 Å². The van der Waals surface area contributed by atoms with E-state index in [9.17, 15) is 14.7 Å². The fourth-order valence-electron chi connectivity index (χ4n) is 3.97. The second-order valence-electron chi connectivity index (χ2n) is 11.1. The smallest absolute Gasteiger partial charge is 0.326 e. The van der Waals surface area contributed by atoms with Gasteiger partial charge in [0.15, 0.2) is 0 Å². The molecule has 2 heterocycles. The molecule has 1 aliphatic heterocycles. The minimum atomic E-state index is -1.01. The van der Waals surface area contributed by atoms with Crippen LogP contribution < -0.4 is 10.5 Å². The monoisotopic (exact) mass is 535 g/mol. The lowest BCUT2D eigenvalue weighted by molar-refractivity contribution is -0.149. The molecule has 8 heteroatoms. The number of nitrogens with zero attached hydrogens (tertiary/aromatic N) is 2. The molecule has 1 aliphatic carbocycles. The van der Waals surface area contributed by atoms with E-state index in [0.29, 0.717) is 30.6 Å². The first-order valence-corrected chi connectivity index (χ1v) is 13.5. The van der Waals surface area contributed by atoms with Crippen molar-refractivity contribution in [1.82, 2.24) is 9.88 Å². The van der Waals surface area contributed by atoms with E-state index in [0.717, 1.165) is 22.6 Å². The number of benzene rings is 1. The van der Waals surface area contributed by atoms with E-state index < -0.39 is 12.0 Å². The minimum absolute atomic E-state index is 0. The van der Waals surface area contributed by atoms with Gasteiger partial charge < -0.3 is 24.9 Å². The molecular weight excluding hydrogens is 494 g/mol. The lowest BCUT2D eigenvalue weighted by Crippen LogP contribution is -2.48. The summed E-state index contributed by atoms with van der Waals surface area (Å²) in [5.74, 6) is 1.45. The van der Waals surface area contributed by atoms with Gasteiger partial charge in [-0.15, -0.1) is 0 Å². The zero-order chi connectivity index (χ0) is 28.6. The fraction of sp³-hybridized carbons (Fsp3) is 0.452. The number of fused-ring (bicyclic) bond motifs is 1. The fourth-order valence-corrected chi connectivity index (χ4v) is 3.97. The number of ether oxygens (including phenoxy) is 1. The molecule has 1 fully saturated rings. The van der Waals surface area contributed by atoms with E-state index in [1.54, 1.807) is 18.2 Å². The van der Waals surface area contributed by atoms with Crippen molar-refractivity contribution in [2.24, 2.45) is 11.7 Å². The number of carboxylic acids is 1. The summed E-state index contributed by atoms with van der Waals surface area (Å²) >= 11 is 0. The van der Waals surface area contributed by atoms with E-state index in [-0.39, 0.29) is 24.4 Å².